The van der Waals surface area contributed by atoms with Crippen LogP contribution in [0.15, 0.2) is 40.9 Å². The van der Waals surface area contributed by atoms with Crippen molar-refractivity contribution in [1.82, 2.24) is 0 Å². The lowest BCUT2D eigenvalue weighted by Gasteiger charge is -2.11. The minimum atomic E-state index is -0.0281. The van der Waals surface area contributed by atoms with Crippen LogP contribution >= 0.6 is 15.9 Å². The summed E-state index contributed by atoms with van der Waals surface area (Å²) in [5.74, 6) is 1.56. The van der Waals surface area contributed by atoms with Crippen LogP contribution in [-0.4, -0.2) is 5.11 Å². The number of hydrogen-bond donors (Lipinski definition) is 1. The quantitative estimate of drug-likeness (QED) is 0.918. The minimum Gasteiger partial charge on any atom is -0.457 e. The molecule has 2 aromatic carbocycles. The number of hydrogen-bond acceptors (Lipinski definition) is 2. The Morgan fingerprint density at radius 1 is 1.05 bits per heavy atom. The second-order valence-electron chi connectivity index (χ2n) is 4.80. The first-order valence-corrected chi connectivity index (χ1v) is 7.24. The number of rotatable bonds is 3. The molecule has 3 rings (SSSR count). The Bertz CT molecular complexity index is 608. The molecule has 1 aliphatic carbocycles. The Hall–Kier alpha value is -1.32. The fourth-order valence-corrected chi connectivity index (χ4v) is 2.92. The van der Waals surface area contributed by atoms with Crippen molar-refractivity contribution in [3.05, 3.63) is 57.6 Å². The molecule has 0 unspecified atom stereocenters. The zero-order valence-electron chi connectivity index (χ0n) is 10.5. The van der Waals surface area contributed by atoms with Crippen LogP contribution in [0.1, 0.15) is 23.1 Å². The van der Waals surface area contributed by atoms with E-state index in [4.69, 9.17) is 4.74 Å². The van der Waals surface area contributed by atoms with Gasteiger partial charge in [-0.2, -0.15) is 0 Å². The van der Waals surface area contributed by atoms with Crippen molar-refractivity contribution >= 4 is 15.9 Å². The zero-order chi connectivity index (χ0) is 13.2. The normalized spacial score (nSPS) is 13.4. The first-order chi connectivity index (χ1) is 9.26. The molecular formula is C16H15BrO2. The lowest BCUT2D eigenvalue weighted by atomic mass is 10.1. The molecule has 2 aromatic rings. The average Bonchev–Trinajstić information content (AvgIpc) is 2.88. The number of aliphatic hydroxyl groups excluding tert-OH is 1. The van der Waals surface area contributed by atoms with Crippen LogP contribution in [0.25, 0.3) is 0 Å². The van der Waals surface area contributed by atoms with E-state index in [0.717, 1.165) is 22.2 Å². The molecule has 0 heterocycles. The maximum atomic E-state index is 9.37. The van der Waals surface area contributed by atoms with E-state index in [2.05, 4.69) is 28.1 Å². The van der Waals surface area contributed by atoms with Gasteiger partial charge in [-0.25, -0.2) is 0 Å². The molecule has 19 heavy (non-hydrogen) atoms. The maximum absolute atomic E-state index is 9.37. The van der Waals surface area contributed by atoms with Crippen molar-refractivity contribution < 1.29 is 9.84 Å². The summed E-state index contributed by atoms with van der Waals surface area (Å²) in [5, 5.41) is 9.37. The van der Waals surface area contributed by atoms with Gasteiger partial charge in [0.15, 0.2) is 0 Å². The van der Waals surface area contributed by atoms with Crippen molar-refractivity contribution in [1.29, 1.82) is 0 Å². The van der Waals surface area contributed by atoms with Crippen molar-refractivity contribution in [2.75, 3.05) is 0 Å². The molecule has 3 heteroatoms. The molecule has 0 saturated carbocycles. The Labute approximate surface area is 121 Å². The molecule has 98 valence electrons. The highest BCUT2D eigenvalue weighted by molar-refractivity contribution is 9.10. The van der Waals surface area contributed by atoms with Gasteiger partial charge in [0.1, 0.15) is 11.5 Å². The summed E-state index contributed by atoms with van der Waals surface area (Å²) in [5.41, 5.74) is 3.61. The SMILES string of the molecule is OCc1cc(Br)ccc1Oc1ccc2c(c1)CCC2. The summed E-state index contributed by atoms with van der Waals surface area (Å²) >= 11 is 3.40. The van der Waals surface area contributed by atoms with Crippen LogP contribution in [0.3, 0.4) is 0 Å². The molecule has 1 N–H and O–H groups in total. The predicted molar refractivity (Wildman–Crippen MR) is 78.6 cm³/mol. The molecule has 1 aliphatic rings. The molecule has 0 radical (unpaired) electrons. The molecule has 0 spiro atoms. The van der Waals surface area contributed by atoms with E-state index < -0.39 is 0 Å². The van der Waals surface area contributed by atoms with Crippen LogP contribution in [0, 0.1) is 0 Å². The smallest absolute Gasteiger partial charge is 0.133 e. The molecule has 0 atom stereocenters. The molecule has 0 amide bonds. The van der Waals surface area contributed by atoms with Crippen molar-refractivity contribution in [3.8, 4) is 11.5 Å². The minimum absolute atomic E-state index is 0.0281. The molecular weight excluding hydrogens is 304 g/mol. The molecule has 0 aliphatic heterocycles. The Morgan fingerprint density at radius 2 is 1.89 bits per heavy atom. The van der Waals surface area contributed by atoms with E-state index in [1.54, 1.807) is 0 Å². The molecule has 0 saturated heterocycles. The summed E-state index contributed by atoms with van der Waals surface area (Å²) in [6.07, 6.45) is 3.55. The number of aliphatic hydroxyl groups is 1. The summed E-state index contributed by atoms with van der Waals surface area (Å²) < 4.78 is 6.84. The van der Waals surface area contributed by atoms with E-state index in [1.807, 2.05) is 24.3 Å². The second-order valence-corrected chi connectivity index (χ2v) is 5.71. The average molecular weight is 319 g/mol. The maximum Gasteiger partial charge on any atom is 0.133 e. The zero-order valence-corrected chi connectivity index (χ0v) is 12.1. The number of fused-ring (bicyclic) bond motifs is 1. The predicted octanol–water partition coefficient (Wildman–Crippen LogP) is 4.22. The highest BCUT2D eigenvalue weighted by Crippen LogP contribution is 2.31. The van der Waals surface area contributed by atoms with Gasteiger partial charge in [-0.1, -0.05) is 22.0 Å². The van der Waals surface area contributed by atoms with E-state index in [-0.39, 0.29) is 6.61 Å². The van der Waals surface area contributed by atoms with Gasteiger partial charge in [0.2, 0.25) is 0 Å². The topological polar surface area (TPSA) is 29.5 Å². The largest absolute Gasteiger partial charge is 0.457 e. The Balaban J connectivity index is 1.89. The van der Waals surface area contributed by atoms with Crippen molar-refractivity contribution in [3.63, 3.8) is 0 Å². The lowest BCUT2D eigenvalue weighted by Crippen LogP contribution is -1.93. The van der Waals surface area contributed by atoms with Crippen molar-refractivity contribution in [2.45, 2.75) is 25.9 Å². The van der Waals surface area contributed by atoms with E-state index in [1.165, 1.54) is 24.0 Å². The van der Waals surface area contributed by atoms with Crippen LogP contribution in [0.4, 0.5) is 0 Å². The van der Waals surface area contributed by atoms with Crippen LogP contribution in [0.5, 0.6) is 11.5 Å². The van der Waals surface area contributed by atoms with Gasteiger partial charge in [0, 0.05) is 10.0 Å². The summed E-state index contributed by atoms with van der Waals surface area (Å²) in [6.45, 7) is -0.0281. The van der Waals surface area contributed by atoms with Crippen LogP contribution < -0.4 is 4.74 Å². The first kappa shape index (κ1) is 12.7. The van der Waals surface area contributed by atoms with Gasteiger partial charge >= 0.3 is 0 Å². The summed E-state index contributed by atoms with van der Waals surface area (Å²) in [6, 6.07) is 11.9. The number of ether oxygens (including phenoxy) is 1. The Morgan fingerprint density at radius 3 is 2.74 bits per heavy atom. The van der Waals surface area contributed by atoms with Crippen molar-refractivity contribution in [2.24, 2.45) is 0 Å². The van der Waals surface area contributed by atoms with E-state index in [0.29, 0.717) is 5.75 Å². The lowest BCUT2D eigenvalue weighted by molar-refractivity contribution is 0.276. The van der Waals surface area contributed by atoms with Crippen LogP contribution in [0.2, 0.25) is 0 Å². The second kappa shape index (κ2) is 5.35. The molecule has 2 nitrogen and oxygen atoms in total. The fourth-order valence-electron chi connectivity index (χ4n) is 2.51. The van der Waals surface area contributed by atoms with Gasteiger partial charge in [-0.15, -0.1) is 0 Å². The molecule has 0 bridgehead atoms. The third kappa shape index (κ3) is 2.67. The number of benzene rings is 2. The van der Waals surface area contributed by atoms with Gasteiger partial charge in [-0.05, 0) is 60.7 Å². The summed E-state index contributed by atoms with van der Waals surface area (Å²) in [7, 11) is 0. The summed E-state index contributed by atoms with van der Waals surface area (Å²) in [4.78, 5) is 0. The van der Waals surface area contributed by atoms with E-state index in [9.17, 15) is 5.11 Å². The highest BCUT2D eigenvalue weighted by Gasteiger charge is 2.12. The molecule has 0 aromatic heterocycles. The van der Waals surface area contributed by atoms with Gasteiger partial charge in [0.05, 0.1) is 6.61 Å². The van der Waals surface area contributed by atoms with Gasteiger partial charge < -0.3 is 9.84 Å². The third-order valence-electron chi connectivity index (χ3n) is 3.49. The van der Waals surface area contributed by atoms with Gasteiger partial charge in [0.25, 0.3) is 0 Å². The van der Waals surface area contributed by atoms with Gasteiger partial charge in [-0.3, -0.25) is 0 Å². The number of aryl methyl sites for hydroxylation is 2. The Kier molecular flexibility index (Phi) is 3.58. The molecule has 0 fully saturated rings. The van der Waals surface area contributed by atoms with E-state index >= 15 is 0 Å². The number of halogens is 1. The first-order valence-electron chi connectivity index (χ1n) is 6.45. The third-order valence-corrected chi connectivity index (χ3v) is 3.98. The standard InChI is InChI=1S/C16H15BrO2/c17-14-5-7-16(13(8-14)10-18)19-15-6-4-11-2-1-3-12(11)9-15/h4-9,18H,1-3,10H2. The fraction of sp³-hybridized carbons (Fsp3) is 0.250. The monoisotopic (exact) mass is 318 g/mol. The van der Waals surface area contributed by atoms with Crippen LogP contribution in [-0.2, 0) is 19.4 Å². The highest BCUT2D eigenvalue weighted by atomic mass is 79.9.